The topological polar surface area (TPSA) is 17.8 Å². The van der Waals surface area contributed by atoms with Gasteiger partial charge >= 0.3 is 0 Å². The van der Waals surface area contributed by atoms with Gasteiger partial charge in [-0.15, -0.1) is 0 Å². The SMILES string of the molecule is CC1(C)c2ccccc2-c2c(-c3ccc4c(c3)c3cc(-c5cc(-c6ccccc6)cc(-c6ccccc6)n5)ccc3n4-c3ccccc3)cccc21. The lowest BCUT2D eigenvalue weighted by Crippen LogP contribution is -2.14. The molecule has 0 amide bonds. The molecule has 0 saturated carbocycles. The van der Waals surface area contributed by atoms with Crippen LogP contribution >= 0.6 is 0 Å². The Morgan fingerprint density at radius 1 is 0.404 bits per heavy atom. The van der Waals surface area contributed by atoms with Crippen molar-refractivity contribution in [2.45, 2.75) is 19.3 Å². The van der Waals surface area contributed by atoms with Crippen molar-refractivity contribution in [3.63, 3.8) is 0 Å². The molecule has 1 aliphatic rings. The van der Waals surface area contributed by atoms with Crippen LogP contribution in [0.4, 0.5) is 0 Å². The maximum atomic E-state index is 5.28. The highest BCUT2D eigenvalue weighted by Crippen LogP contribution is 2.52. The quantitative estimate of drug-likeness (QED) is 0.179. The standard InChI is InChI=1S/C50H36N2/c1-50(2)43-23-13-12-21-40(43)49-39(22-14-24-44(49)50)35-25-27-47-41(29-35)42-30-36(26-28-48(42)52(47)38-19-10-5-11-20-38)46-32-37(33-15-6-3-7-16-33)31-45(51-46)34-17-8-4-9-18-34/h3-32H,1-2H3. The number of hydrogen-bond acceptors (Lipinski definition) is 1. The van der Waals surface area contributed by atoms with Gasteiger partial charge in [0.25, 0.3) is 0 Å². The predicted molar refractivity (Wildman–Crippen MR) is 218 cm³/mol. The second kappa shape index (κ2) is 11.8. The van der Waals surface area contributed by atoms with Gasteiger partial charge in [-0.3, -0.25) is 0 Å². The minimum absolute atomic E-state index is 0.0514. The van der Waals surface area contributed by atoms with Crippen LogP contribution in [0.25, 0.3) is 83.4 Å². The molecule has 2 aromatic heterocycles. The Kier molecular flexibility index (Phi) is 6.87. The molecule has 0 unspecified atom stereocenters. The van der Waals surface area contributed by atoms with E-state index < -0.39 is 0 Å². The zero-order valence-corrected chi connectivity index (χ0v) is 29.2. The molecule has 0 saturated heterocycles. The maximum absolute atomic E-state index is 5.28. The van der Waals surface area contributed by atoms with E-state index in [1.54, 1.807) is 0 Å². The number of nitrogens with zero attached hydrogens (tertiary/aromatic N) is 2. The van der Waals surface area contributed by atoms with Crippen LogP contribution in [0, 0.1) is 0 Å². The fourth-order valence-electron chi connectivity index (χ4n) is 8.43. The van der Waals surface area contributed by atoms with E-state index in [1.807, 2.05) is 0 Å². The van der Waals surface area contributed by atoms with Gasteiger partial charge in [0, 0.05) is 33.0 Å². The van der Waals surface area contributed by atoms with Crippen LogP contribution in [0.2, 0.25) is 0 Å². The third-order valence-electron chi connectivity index (χ3n) is 11.0. The number of para-hydroxylation sites is 1. The van der Waals surface area contributed by atoms with Gasteiger partial charge in [0.05, 0.1) is 22.4 Å². The average Bonchev–Trinajstić information content (AvgIpc) is 3.66. The van der Waals surface area contributed by atoms with Gasteiger partial charge in [-0.1, -0.05) is 147 Å². The summed E-state index contributed by atoms with van der Waals surface area (Å²) in [7, 11) is 0. The molecule has 52 heavy (non-hydrogen) atoms. The van der Waals surface area contributed by atoms with Crippen LogP contribution in [0.5, 0.6) is 0 Å². The van der Waals surface area contributed by atoms with Crippen LogP contribution < -0.4 is 0 Å². The molecule has 0 spiro atoms. The molecule has 0 fully saturated rings. The number of pyridine rings is 1. The molecule has 2 heterocycles. The lowest BCUT2D eigenvalue weighted by molar-refractivity contribution is 0.660. The molecule has 1 aliphatic carbocycles. The third kappa shape index (κ3) is 4.76. The van der Waals surface area contributed by atoms with E-state index in [4.69, 9.17) is 4.98 Å². The van der Waals surface area contributed by atoms with E-state index in [0.29, 0.717) is 0 Å². The minimum Gasteiger partial charge on any atom is -0.309 e. The van der Waals surface area contributed by atoms with Crippen molar-refractivity contribution in [3.8, 4) is 61.6 Å². The summed E-state index contributed by atoms with van der Waals surface area (Å²) in [6.45, 7) is 4.70. The summed E-state index contributed by atoms with van der Waals surface area (Å²) in [5.41, 5.74) is 17.9. The first-order valence-electron chi connectivity index (χ1n) is 18.1. The number of fused-ring (bicyclic) bond motifs is 6. The van der Waals surface area contributed by atoms with Gasteiger partial charge in [-0.25, -0.2) is 4.98 Å². The highest BCUT2D eigenvalue weighted by atomic mass is 15.0. The Hall–Kier alpha value is -6.51. The molecular formula is C50H36N2. The Labute approximate surface area is 304 Å². The molecule has 9 aromatic rings. The van der Waals surface area contributed by atoms with Gasteiger partial charge < -0.3 is 4.57 Å². The monoisotopic (exact) mass is 664 g/mol. The normalized spacial score (nSPS) is 13.0. The van der Waals surface area contributed by atoms with Gasteiger partial charge in [-0.05, 0) is 93.0 Å². The van der Waals surface area contributed by atoms with Crippen LogP contribution in [0.1, 0.15) is 25.0 Å². The van der Waals surface area contributed by atoms with Gasteiger partial charge in [0.15, 0.2) is 0 Å². The van der Waals surface area contributed by atoms with Crippen LogP contribution in [0.15, 0.2) is 182 Å². The molecule has 0 bridgehead atoms. The summed E-state index contributed by atoms with van der Waals surface area (Å²) < 4.78 is 2.40. The highest BCUT2D eigenvalue weighted by molar-refractivity contribution is 6.12. The lowest BCUT2D eigenvalue weighted by Gasteiger charge is -2.21. The van der Waals surface area contributed by atoms with Crippen molar-refractivity contribution >= 4 is 21.8 Å². The van der Waals surface area contributed by atoms with Crippen LogP contribution in [0.3, 0.4) is 0 Å². The number of aromatic nitrogens is 2. The van der Waals surface area contributed by atoms with Crippen molar-refractivity contribution in [2.24, 2.45) is 0 Å². The van der Waals surface area contributed by atoms with Crippen molar-refractivity contribution in [2.75, 3.05) is 0 Å². The van der Waals surface area contributed by atoms with Gasteiger partial charge in [0.1, 0.15) is 0 Å². The zero-order chi connectivity index (χ0) is 34.8. The van der Waals surface area contributed by atoms with Crippen molar-refractivity contribution in [1.82, 2.24) is 9.55 Å². The first-order chi connectivity index (χ1) is 25.5. The first-order valence-corrected chi connectivity index (χ1v) is 18.1. The van der Waals surface area contributed by atoms with Crippen molar-refractivity contribution < 1.29 is 0 Å². The van der Waals surface area contributed by atoms with Gasteiger partial charge in [-0.2, -0.15) is 0 Å². The van der Waals surface area contributed by atoms with Crippen LogP contribution in [-0.2, 0) is 5.41 Å². The van der Waals surface area contributed by atoms with E-state index in [0.717, 1.165) is 33.8 Å². The molecule has 246 valence electrons. The van der Waals surface area contributed by atoms with Crippen LogP contribution in [-0.4, -0.2) is 9.55 Å². The van der Waals surface area contributed by atoms with E-state index in [1.165, 1.54) is 60.8 Å². The molecule has 0 N–H and O–H groups in total. The lowest BCUT2D eigenvalue weighted by atomic mass is 9.82. The number of hydrogen-bond donors (Lipinski definition) is 0. The summed E-state index contributed by atoms with van der Waals surface area (Å²) in [6.07, 6.45) is 0. The second-order valence-corrected chi connectivity index (χ2v) is 14.4. The van der Waals surface area contributed by atoms with E-state index in [9.17, 15) is 0 Å². The minimum atomic E-state index is -0.0514. The fraction of sp³-hybridized carbons (Fsp3) is 0.0600. The maximum Gasteiger partial charge on any atom is 0.0715 e. The summed E-state index contributed by atoms with van der Waals surface area (Å²) in [6, 6.07) is 65.9. The third-order valence-corrected chi connectivity index (χ3v) is 11.0. The molecule has 10 rings (SSSR count). The number of benzene rings is 7. The van der Waals surface area contributed by atoms with E-state index in [2.05, 4.69) is 200 Å². The van der Waals surface area contributed by atoms with Crippen molar-refractivity contribution in [3.05, 3.63) is 193 Å². The molecule has 0 aliphatic heterocycles. The molecule has 7 aromatic carbocycles. The summed E-state index contributed by atoms with van der Waals surface area (Å²) in [5.74, 6) is 0. The van der Waals surface area contributed by atoms with E-state index >= 15 is 0 Å². The predicted octanol–water partition coefficient (Wildman–Crippen LogP) is 13.2. The Morgan fingerprint density at radius 2 is 0.942 bits per heavy atom. The smallest absolute Gasteiger partial charge is 0.0715 e. The molecule has 2 nitrogen and oxygen atoms in total. The Bertz CT molecular complexity index is 2730. The van der Waals surface area contributed by atoms with Gasteiger partial charge in [0.2, 0.25) is 0 Å². The fourth-order valence-corrected chi connectivity index (χ4v) is 8.43. The average molecular weight is 665 g/mol. The van der Waals surface area contributed by atoms with E-state index in [-0.39, 0.29) is 5.41 Å². The largest absolute Gasteiger partial charge is 0.309 e. The summed E-state index contributed by atoms with van der Waals surface area (Å²) in [5, 5.41) is 2.43. The Morgan fingerprint density at radius 3 is 1.65 bits per heavy atom. The second-order valence-electron chi connectivity index (χ2n) is 14.4. The highest BCUT2D eigenvalue weighted by Gasteiger charge is 2.36. The summed E-state index contributed by atoms with van der Waals surface area (Å²) >= 11 is 0. The molecular weight excluding hydrogens is 629 g/mol. The van der Waals surface area contributed by atoms with Crippen molar-refractivity contribution in [1.29, 1.82) is 0 Å². The molecule has 0 radical (unpaired) electrons. The number of rotatable bonds is 5. The zero-order valence-electron chi connectivity index (χ0n) is 29.2. The summed E-state index contributed by atoms with van der Waals surface area (Å²) in [4.78, 5) is 5.28. The molecule has 2 heteroatoms. The molecule has 0 atom stereocenters. The first kappa shape index (κ1) is 30.3. The Balaban J connectivity index is 1.21.